The molecule has 1 aliphatic rings. The molecule has 0 spiro atoms. The number of carbonyl (C=O) groups excluding carboxylic acids is 1. The first kappa shape index (κ1) is 20.4. The van der Waals surface area contributed by atoms with Crippen LogP contribution in [-0.4, -0.2) is 58.8 Å². The van der Waals surface area contributed by atoms with E-state index in [4.69, 9.17) is 0 Å². The van der Waals surface area contributed by atoms with Gasteiger partial charge in [-0.05, 0) is 31.2 Å². The molecule has 2 aromatic carbocycles. The van der Waals surface area contributed by atoms with Crippen molar-refractivity contribution in [1.29, 1.82) is 0 Å². The van der Waals surface area contributed by atoms with Gasteiger partial charge in [-0.2, -0.15) is 4.31 Å². The van der Waals surface area contributed by atoms with Crippen molar-refractivity contribution in [3.63, 3.8) is 0 Å². The highest BCUT2D eigenvalue weighted by atomic mass is 32.2. The molecule has 0 radical (unpaired) electrons. The third-order valence-electron chi connectivity index (χ3n) is 5.51. The van der Waals surface area contributed by atoms with Crippen LogP contribution >= 0.6 is 0 Å². The normalized spacial score (nSPS) is 15.6. The number of carbonyl (C=O) groups is 1. The molecule has 0 atom stereocenters. The Morgan fingerprint density at radius 2 is 1.43 bits per heavy atom. The summed E-state index contributed by atoms with van der Waals surface area (Å²) in [5, 5.41) is 0. The van der Waals surface area contributed by atoms with Crippen LogP contribution in [0.4, 0.5) is 0 Å². The van der Waals surface area contributed by atoms with Crippen LogP contribution in [0, 0.1) is 0 Å². The highest BCUT2D eigenvalue weighted by Gasteiger charge is 2.30. The van der Waals surface area contributed by atoms with Crippen molar-refractivity contribution in [2.45, 2.75) is 24.9 Å². The zero-order valence-electron chi connectivity index (χ0n) is 16.8. The number of aromatic nitrogens is 2. The largest absolute Gasteiger partial charge is 0.338 e. The van der Waals surface area contributed by atoms with Crippen LogP contribution in [0.15, 0.2) is 64.3 Å². The van der Waals surface area contributed by atoms with Gasteiger partial charge in [0.1, 0.15) is 6.54 Å². The Morgan fingerprint density at radius 3 is 2.03 bits per heavy atom. The first-order valence-corrected chi connectivity index (χ1v) is 11.4. The lowest BCUT2D eigenvalue weighted by atomic mass is 10.3. The Labute approximate surface area is 175 Å². The average Bonchev–Trinajstić information content (AvgIpc) is 3.05. The van der Waals surface area contributed by atoms with E-state index in [9.17, 15) is 18.0 Å². The summed E-state index contributed by atoms with van der Waals surface area (Å²) >= 11 is 0. The molecule has 0 N–H and O–H groups in total. The molecule has 0 aliphatic carbocycles. The maximum atomic E-state index is 12.9. The number of hydrogen-bond donors (Lipinski definition) is 0. The van der Waals surface area contributed by atoms with Crippen molar-refractivity contribution >= 4 is 27.0 Å². The molecule has 0 unspecified atom stereocenters. The first-order valence-electron chi connectivity index (χ1n) is 9.94. The van der Waals surface area contributed by atoms with E-state index < -0.39 is 10.0 Å². The van der Waals surface area contributed by atoms with Gasteiger partial charge in [-0.1, -0.05) is 30.3 Å². The van der Waals surface area contributed by atoms with Crippen LogP contribution in [0.5, 0.6) is 0 Å². The van der Waals surface area contributed by atoms with E-state index in [1.54, 1.807) is 39.8 Å². The van der Waals surface area contributed by atoms with E-state index in [0.717, 1.165) is 11.0 Å². The predicted molar refractivity (Wildman–Crippen MR) is 114 cm³/mol. The number of sulfonamides is 1. The standard InChI is InChI=1S/C21H24N4O4S/c1-2-24-18-10-6-7-11-19(18)25(21(24)27)16-20(26)22-12-14-23(15-13-22)30(28,29)17-8-4-3-5-9-17/h3-11H,2,12-16H2,1H3. The van der Waals surface area contributed by atoms with Gasteiger partial charge in [0.25, 0.3) is 0 Å². The van der Waals surface area contributed by atoms with E-state index in [1.165, 1.54) is 8.87 Å². The molecule has 9 heteroatoms. The van der Waals surface area contributed by atoms with Crippen LogP contribution in [0.25, 0.3) is 11.0 Å². The smallest absolute Gasteiger partial charge is 0.329 e. The van der Waals surface area contributed by atoms with Gasteiger partial charge in [0, 0.05) is 32.7 Å². The minimum absolute atomic E-state index is 0.0578. The van der Waals surface area contributed by atoms with Crippen molar-refractivity contribution in [3.8, 4) is 0 Å². The van der Waals surface area contributed by atoms with E-state index in [-0.39, 0.29) is 36.1 Å². The molecule has 4 rings (SSSR count). The minimum atomic E-state index is -3.57. The number of piperazine rings is 1. The third-order valence-corrected chi connectivity index (χ3v) is 7.42. The molecule has 1 saturated heterocycles. The Morgan fingerprint density at radius 1 is 0.867 bits per heavy atom. The number of para-hydroxylation sites is 2. The van der Waals surface area contributed by atoms with Gasteiger partial charge < -0.3 is 4.90 Å². The molecule has 3 aromatic rings. The average molecular weight is 429 g/mol. The molecule has 158 valence electrons. The fourth-order valence-electron chi connectivity index (χ4n) is 3.89. The van der Waals surface area contributed by atoms with Gasteiger partial charge in [-0.25, -0.2) is 13.2 Å². The Bertz CT molecular complexity index is 1220. The lowest BCUT2D eigenvalue weighted by Crippen LogP contribution is -2.51. The number of hydrogen-bond acceptors (Lipinski definition) is 4. The summed E-state index contributed by atoms with van der Waals surface area (Å²) in [5.41, 5.74) is 1.32. The summed E-state index contributed by atoms with van der Waals surface area (Å²) in [6.07, 6.45) is 0. The summed E-state index contributed by atoms with van der Waals surface area (Å²) in [4.78, 5) is 27.5. The third kappa shape index (κ3) is 3.54. The lowest BCUT2D eigenvalue weighted by Gasteiger charge is -2.34. The van der Waals surface area contributed by atoms with Gasteiger partial charge >= 0.3 is 5.69 Å². The summed E-state index contributed by atoms with van der Waals surface area (Å²) < 4.78 is 30.1. The Kier molecular flexibility index (Phi) is 5.48. The number of imidazole rings is 1. The maximum absolute atomic E-state index is 12.9. The summed E-state index contributed by atoms with van der Waals surface area (Å²) in [6, 6.07) is 15.7. The number of rotatable bonds is 5. The van der Waals surface area contributed by atoms with Crippen LogP contribution in [0.3, 0.4) is 0 Å². The van der Waals surface area contributed by atoms with Gasteiger partial charge in [0.2, 0.25) is 15.9 Å². The van der Waals surface area contributed by atoms with Gasteiger partial charge in [-0.15, -0.1) is 0 Å². The quantitative estimate of drug-likeness (QED) is 0.614. The number of aryl methyl sites for hydroxylation is 1. The van der Waals surface area contributed by atoms with Crippen LogP contribution in [-0.2, 0) is 27.9 Å². The lowest BCUT2D eigenvalue weighted by molar-refractivity contribution is -0.133. The molecule has 30 heavy (non-hydrogen) atoms. The molecule has 1 aromatic heterocycles. The van der Waals surface area contributed by atoms with Gasteiger partial charge in [0.15, 0.2) is 0 Å². The summed E-state index contributed by atoms with van der Waals surface area (Å²) in [6.45, 7) is 3.42. The highest BCUT2D eigenvalue weighted by Crippen LogP contribution is 2.18. The monoisotopic (exact) mass is 428 g/mol. The van der Waals surface area contributed by atoms with Crippen molar-refractivity contribution in [2.75, 3.05) is 26.2 Å². The summed E-state index contributed by atoms with van der Waals surface area (Å²) in [5.74, 6) is -0.187. The molecule has 1 amide bonds. The Hall–Kier alpha value is -2.91. The molecule has 1 fully saturated rings. The SMILES string of the molecule is CCn1c(=O)n(CC(=O)N2CCN(S(=O)(=O)c3ccccc3)CC2)c2ccccc21. The fraction of sp³-hybridized carbons (Fsp3) is 0.333. The second-order valence-electron chi connectivity index (χ2n) is 7.20. The highest BCUT2D eigenvalue weighted by molar-refractivity contribution is 7.89. The van der Waals surface area contributed by atoms with E-state index in [1.807, 2.05) is 31.2 Å². The molecular weight excluding hydrogens is 404 g/mol. The molecular formula is C21H24N4O4S. The van der Waals surface area contributed by atoms with Gasteiger partial charge in [-0.3, -0.25) is 13.9 Å². The van der Waals surface area contributed by atoms with Gasteiger partial charge in [0.05, 0.1) is 15.9 Å². The second kappa shape index (κ2) is 8.08. The fourth-order valence-corrected chi connectivity index (χ4v) is 5.33. The molecule has 8 nitrogen and oxygen atoms in total. The Balaban J connectivity index is 1.48. The zero-order chi connectivity index (χ0) is 21.3. The number of fused-ring (bicyclic) bond motifs is 1. The van der Waals surface area contributed by atoms with E-state index in [0.29, 0.717) is 19.6 Å². The molecule has 2 heterocycles. The molecule has 0 bridgehead atoms. The zero-order valence-corrected chi connectivity index (χ0v) is 17.6. The molecule has 0 saturated carbocycles. The number of nitrogens with zero attached hydrogens (tertiary/aromatic N) is 4. The summed E-state index contributed by atoms with van der Waals surface area (Å²) in [7, 11) is -3.57. The maximum Gasteiger partial charge on any atom is 0.329 e. The molecule has 1 aliphatic heterocycles. The van der Waals surface area contributed by atoms with Crippen molar-refractivity contribution in [3.05, 3.63) is 65.1 Å². The predicted octanol–water partition coefficient (Wildman–Crippen LogP) is 1.36. The van der Waals surface area contributed by atoms with Crippen LogP contribution in [0.2, 0.25) is 0 Å². The minimum Gasteiger partial charge on any atom is -0.338 e. The van der Waals surface area contributed by atoms with Crippen molar-refractivity contribution in [2.24, 2.45) is 0 Å². The van der Waals surface area contributed by atoms with Crippen LogP contribution < -0.4 is 5.69 Å². The first-order chi connectivity index (χ1) is 14.4. The van der Waals surface area contributed by atoms with E-state index >= 15 is 0 Å². The topological polar surface area (TPSA) is 84.6 Å². The number of amides is 1. The van der Waals surface area contributed by atoms with Crippen LogP contribution in [0.1, 0.15) is 6.92 Å². The van der Waals surface area contributed by atoms with Crippen molar-refractivity contribution < 1.29 is 13.2 Å². The van der Waals surface area contributed by atoms with E-state index in [2.05, 4.69) is 0 Å². The van der Waals surface area contributed by atoms with Crippen molar-refractivity contribution in [1.82, 2.24) is 18.3 Å². The number of benzene rings is 2. The second-order valence-corrected chi connectivity index (χ2v) is 9.14.